The summed E-state index contributed by atoms with van der Waals surface area (Å²) in [5.74, 6) is -0.110. The SMILES string of the molecule is CC(=O)Nc1ccc(CN2CCCC3(CC(c4cccc(C(F)(F)F)c4)=NO3)C2)cc1. The van der Waals surface area contributed by atoms with E-state index in [9.17, 15) is 18.0 Å². The topological polar surface area (TPSA) is 53.9 Å². The van der Waals surface area contributed by atoms with Crippen molar-refractivity contribution in [3.63, 3.8) is 0 Å². The summed E-state index contributed by atoms with van der Waals surface area (Å²) >= 11 is 0. The Morgan fingerprint density at radius 1 is 1.23 bits per heavy atom. The highest BCUT2D eigenvalue weighted by atomic mass is 19.4. The van der Waals surface area contributed by atoms with Crippen molar-refractivity contribution in [1.82, 2.24) is 4.90 Å². The van der Waals surface area contributed by atoms with E-state index in [4.69, 9.17) is 4.84 Å². The van der Waals surface area contributed by atoms with Crippen molar-refractivity contribution in [2.45, 2.75) is 44.5 Å². The molecular weight excluding hydrogens is 407 g/mol. The zero-order valence-electron chi connectivity index (χ0n) is 17.2. The fourth-order valence-corrected chi connectivity index (χ4v) is 4.25. The molecule has 2 aromatic carbocycles. The molecular formula is C23H24F3N3O2. The third-order valence-electron chi connectivity index (χ3n) is 5.66. The molecule has 8 heteroatoms. The second-order valence-corrected chi connectivity index (χ2v) is 8.26. The van der Waals surface area contributed by atoms with Crippen LogP contribution in [0.4, 0.5) is 18.9 Å². The maximum Gasteiger partial charge on any atom is 0.416 e. The molecule has 1 spiro atoms. The van der Waals surface area contributed by atoms with Gasteiger partial charge in [0.1, 0.15) is 0 Å². The van der Waals surface area contributed by atoms with Crippen molar-refractivity contribution in [3.05, 3.63) is 65.2 Å². The van der Waals surface area contributed by atoms with Crippen LogP contribution in [-0.4, -0.2) is 35.2 Å². The van der Waals surface area contributed by atoms with E-state index in [1.165, 1.54) is 13.0 Å². The minimum absolute atomic E-state index is 0.110. The fourth-order valence-electron chi connectivity index (χ4n) is 4.25. The predicted octanol–water partition coefficient (Wildman–Crippen LogP) is 4.82. The second kappa shape index (κ2) is 8.34. The first-order chi connectivity index (χ1) is 14.7. The highest BCUT2D eigenvalue weighted by Gasteiger charge is 2.43. The highest BCUT2D eigenvalue weighted by Crippen LogP contribution is 2.36. The second-order valence-electron chi connectivity index (χ2n) is 8.26. The molecule has 0 saturated carbocycles. The van der Waals surface area contributed by atoms with Gasteiger partial charge >= 0.3 is 6.18 Å². The van der Waals surface area contributed by atoms with Gasteiger partial charge < -0.3 is 10.2 Å². The van der Waals surface area contributed by atoms with Crippen molar-refractivity contribution in [2.24, 2.45) is 5.16 Å². The Morgan fingerprint density at radius 3 is 2.71 bits per heavy atom. The van der Waals surface area contributed by atoms with Crippen LogP contribution in [0.1, 0.15) is 42.9 Å². The number of anilines is 1. The predicted molar refractivity (Wildman–Crippen MR) is 112 cm³/mol. The molecule has 0 aliphatic carbocycles. The van der Waals surface area contributed by atoms with Gasteiger partial charge in [0.2, 0.25) is 5.91 Å². The monoisotopic (exact) mass is 431 g/mol. The molecule has 5 nitrogen and oxygen atoms in total. The highest BCUT2D eigenvalue weighted by molar-refractivity contribution is 6.01. The van der Waals surface area contributed by atoms with E-state index in [1.54, 1.807) is 6.07 Å². The summed E-state index contributed by atoms with van der Waals surface area (Å²) in [5.41, 5.74) is 1.71. The Labute approximate surface area is 178 Å². The van der Waals surface area contributed by atoms with Gasteiger partial charge in [-0.3, -0.25) is 9.69 Å². The van der Waals surface area contributed by atoms with E-state index < -0.39 is 17.3 Å². The molecule has 31 heavy (non-hydrogen) atoms. The summed E-state index contributed by atoms with van der Waals surface area (Å²) in [6, 6.07) is 13.0. The van der Waals surface area contributed by atoms with Crippen LogP contribution in [0.25, 0.3) is 0 Å². The third kappa shape index (κ3) is 5.07. The summed E-state index contributed by atoms with van der Waals surface area (Å²) in [6.07, 6.45) is -2.15. The van der Waals surface area contributed by atoms with Crippen LogP contribution >= 0.6 is 0 Å². The van der Waals surface area contributed by atoms with E-state index in [0.29, 0.717) is 24.2 Å². The smallest absolute Gasteiger partial charge is 0.387 e. The Balaban J connectivity index is 1.41. The number of rotatable bonds is 4. The molecule has 2 aromatic rings. The molecule has 1 amide bonds. The number of nitrogens with zero attached hydrogens (tertiary/aromatic N) is 2. The lowest BCUT2D eigenvalue weighted by Gasteiger charge is -2.38. The Kier molecular flexibility index (Phi) is 5.75. The van der Waals surface area contributed by atoms with E-state index in [0.717, 1.165) is 49.3 Å². The molecule has 0 radical (unpaired) electrons. The first-order valence-corrected chi connectivity index (χ1v) is 10.2. The van der Waals surface area contributed by atoms with Gasteiger partial charge in [0.05, 0.1) is 11.3 Å². The summed E-state index contributed by atoms with van der Waals surface area (Å²) in [7, 11) is 0. The first kappa shape index (κ1) is 21.4. The molecule has 2 aliphatic rings. The van der Waals surface area contributed by atoms with Crippen LogP contribution in [0.15, 0.2) is 53.7 Å². The number of alkyl halides is 3. The van der Waals surface area contributed by atoms with Crippen molar-refractivity contribution < 1.29 is 22.8 Å². The Morgan fingerprint density at radius 2 is 2.00 bits per heavy atom. The van der Waals surface area contributed by atoms with Crippen molar-refractivity contribution >= 4 is 17.3 Å². The van der Waals surface area contributed by atoms with Gasteiger partial charge in [-0.05, 0) is 49.2 Å². The van der Waals surface area contributed by atoms with E-state index in [1.807, 2.05) is 24.3 Å². The standard InChI is InChI=1S/C23H24F3N3O2/c1-16(30)27-20-8-6-17(7-9-20)14-29-11-3-10-22(15-29)13-21(28-31-22)18-4-2-5-19(12-18)23(24,25)26/h2,4-9,12H,3,10-11,13-15H2,1H3,(H,27,30). The van der Waals surface area contributed by atoms with Crippen molar-refractivity contribution in [1.29, 1.82) is 0 Å². The summed E-state index contributed by atoms with van der Waals surface area (Å²) in [4.78, 5) is 19.3. The number of hydrogen-bond donors (Lipinski definition) is 1. The average Bonchev–Trinajstić information content (AvgIpc) is 3.12. The normalized spacial score (nSPS) is 21.6. The number of carbonyl (C=O) groups is 1. The number of hydrogen-bond acceptors (Lipinski definition) is 4. The van der Waals surface area contributed by atoms with Gasteiger partial charge in [0, 0.05) is 37.7 Å². The van der Waals surface area contributed by atoms with Crippen LogP contribution in [0.5, 0.6) is 0 Å². The number of carbonyl (C=O) groups excluding carboxylic acids is 1. The summed E-state index contributed by atoms with van der Waals surface area (Å²) in [6.45, 7) is 3.77. The number of nitrogens with one attached hydrogen (secondary N) is 1. The zero-order chi connectivity index (χ0) is 22.1. The van der Waals surface area contributed by atoms with Gasteiger partial charge in [-0.15, -0.1) is 0 Å². The Bertz CT molecular complexity index is 988. The average molecular weight is 431 g/mol. The lowest BCUT2D eigenvalue weighted by molar-refractivity contribution is -0.137. The van der Waals surface area contributed by atoms with E-state index >= 15 is 0 Å². The maximum atomic E-state index is 13.0. The zero-order valence-corrected chi connectivity index (χ0v) is 17.2. The van der Waals surface area contributed by atoms with Gasteiger partial charge in [0.15, 0.2) is 5.60 Å². The number of piperidine rings is 1. The van der Waals surface area contributed by atoms with E-state index in [2.05, 4.69) is 15.4 Å². The lowest BCUT2D eigenvalue weighted by atomic mass is 9.86. The molecule has 0 bridgehead atoms. The van der Waals surface area contributed by atoms with Gasteiger partial charge in [-0.2, -0.15) is 13.2 Å². The molecule has 1 atom stereocenters. The van der Waals surface area contributed by atoms with Crippen LogP contribution in [-0.2, 0) is 22.4 Å². The Hall–Kier alpha value is -2.87. The minimum Gasteiger partial charge on any atom is -0.387 e. The van der Waals surface area contributed by atoms with Crippen molar-refractivity contribution in [3.8, 4) is 0 Å². The van der Waals surface area contributed by atoms with Crippen LogP contribution in [0, 0.1) is 0 Å². The molecule has 0 aromatic heterocycles. The molecule has 1 saturated heterocycles. The van der Waals surface area contributed by atoms with Crippen LogP contribution in [0.3, 0.4) is 0 Å². The number of benzene rings is 2. The molecule has 164 valence electrons. The summed E-state index contributed by atoms with van der Waals surface area (Å²) in [5, 5.41) is 6.92. The van der Waals surface area contributed by atoms with Crippen molar-refractivity contribution in [2.75, 3.05) is 18.4 Å². The number of amides is 1. The summed E-state index contributed by atoms with van der Waals surface area (Å²) < 4.78 is 39.1. The lowest BCUT2D eigenvalue weighted by Crippen LogP contribution is -2.47. The molecule has 1 fully saturated rings. The molecule has 1 unspecified atom stereocenters. The van der Waals surface area contributed by atoms with Gasteiger partial charge in [-0.25, -0.2) is 0 Å². The minimum atomic E-state index is -4.38. The third-order valence-corrected chi connectivity index (χ3v) is 5.66. The quantitative estimate of drug-likeness (QED) is 0.755. The number of halogens is 3. The van der Waals surface area contributed by atoms with E-state index in [-0.39, 0.29) is 5.91 Å². The van der Waals surface area contributed by atoms with Gasteiger partial charge in [0.25, 0.3) is 0 Å². The fraction of sp³-hybridized carbons (Fsp3) is 0.391. The molecule has 1 N–H and O–H groups in total. The van der Waals surface area contributed by atoms with Gasteiger partial charge in [-0.1, -0.05) is 29.4 Å². The molecule has 2 aliphatic heterocycles. The van der Waals surface area contributed by atoms with Crippen LogP contribution in [0.2, 0.25) is 0 Å². The van der Waals surface area contributed by atoms with Crippen LogP contribution < -0.4 is 5.32 Å². The number of oxime groups is 1. The largest absolute Gasteiger partial charge is 0.416 e. The first-order valence-electron chi connectivity index (χ1n) is 10.2. The molecule has 2 heterocycles. The number of likely N-dealkylation sites (tertiary alicyclic amines) is 1. The molecule has 4 rings (SSSR count). The maximum absolute atomic E-state index is 13.0.